The van der Waals surface area contributed by atoms with E-state index in [1.54, 1.807) is 12.1 Å². The van der Waals surface area contributed by atoms with E-state index < -0.39 is 11.9 Å². The smallest absolute Gasteiger partial charge is 0.433 e. The molecule has 1 aliphatic heterocycles. The van der Waals surface area contributed by atoms with Gasteiger partial charge in [0.05, 0.1) is 7.11 Å². The Hall–Kier alpha value is -2.88. The van der Waals surface area contributed by atoms with Gasteiger partial charge in [-0.25, -0.2) is 4.98 Å². The zero-order chi connectivity index (χ0) is 20.6. The Bertz CT molecular complexity index is 1010. The Morgan fingerprint density at radius 2 is 1.97 bits per heavy atom. The summed E-state index contributed by atoms with van der Waals surface area (Å²) < 4.78 is 46.0. The number of piperidine rings is 1. The van der Waals surface area contributed by atoms with Crippen LogP contribution in [-0.4, -0.2) is 49.8 Å². The predicted molar refractivity (Wildman–Crippen MR) is 97.7 cm³/mol. The number of benzene rings is 1. The number of ether oxygens (including phenoxy) is 1. The number of phenolic OH excluding ortho intramolecular Hbond substituents is 1. The van der Waals surface area contributed by atoms with E-state index in [2.05, 4.69) is 20.0 Å². The van der Waals surface area contributed by atoms with Crippen molar-refractivity contribution < 1.29 is 23.0 Å². The van der Waals surface area contributed by atoms with Crippen LogP contribution in [0, 0.1) is 0 Å². The minimum Gasteiger partial charge on any atom is -0.507 e. The third-order valence-corrected chi connectivity index (χ3v) is 5.25. The van der Waals surface area contributed by atoms with E-state index in [1.807, 2.05) is 6.07 Å². The van der Waals surface area contributed by atoms with Gasteiger partial charge in [-0.2, -0.15) is 27.8 Å². The topological polar surface area (TPSA) is 75.8 Å². The first kappa shape index (κ1) is 19.4. The number of halogens is 3. The highest BCUT2D eigenvalue weighted by Crippen LogP contribution is 2.34. The van der Waals surface area contributed by atoms with Gasteiger partial charge in [-0.1, -0.05) is 6.07 Å². The molecule has 3 aromatic rings. The lowest BCUT2D eigenvalue weighted by Crippen LogP contribution is -2.33. The first-order chi connectivity index (χ1) is 13.8. The van der Waals surface area contributed by atoms with Crippen LogP contribution in [0.3, 0.4) is 0 Å². The molecule has 2 aromatic heterocycles. The summed E-state index contributed by atoms with van der Waals surface area (Å²) in [4.78, 5) is 10.3. The molecule has 1 N–H and O–H groups in total. The summed E-state index contributed by atoms with van der Waals surface area (Å²) in [6.07, 6.45) is -2.11. The van der Waals surface area contributed by atoms with E-state index in [0.717, 1.165) is 22.5 Å². The number of alkyl halides is 3. The highest BCUT2D eigenvalue weighted by Gasteiger charge is 2.36. The summed E-state index contributed by atoms with van der Waals surface area (Å²) in [5.74, 6) is 0.625. The number of hydrogen-bond donors (Lipinski definition) is 1. The molecule has 10 heteroatoms. The fourth-order valence-electron chi connectivity index (χ4n) is 3.67. The summed E-state index contributed by atoms with van der Waals surface area (Å²) in [7, 11) is 1.54. The second-order valence-corrected chi connectivity index (χ2v) is 7.08. The van der Waals surface area contributed by atoms with E-state index >= 15 is 0 Å². The predicted octanol–water partition coefficient (Wildman–Crippen LogP) is 3.24. The number of aromatic hydroxyl groups is 1. The van der Waals surface area contributed by atoms with Crippen LogP contribution in [0.2, 0.25) is 0 Å². The highest BCUT2D eigenvalue weighted by molar-refractivity contribution is 5.39. The molecule has 1 fully saturated rings. The van der Waals surface area contributed by atoms with Gasteiger partial charge in [-0.15, -0.1) is 0 Å². The van der Waals surface area contributed by atoms with Gasteiger partial charge < -0.3 is 9.84 Å². The summed E-state index contributed by atoms with van der Waals surface area (Å²) in [5.41, 5.74) is 0.317. The number of hydrogen-bond acceptors (Lipinski definition) is 6. The number of fused-ring (bicyclic) bond motifs is 1. The van der Waals surface area contributed by atoms with Crippen LogP contribution >= 0.6 is 0 Å². The molecule has 29 heavy (non-hydrogen) atoms. The van der Waals surface area contributed by atoms with Crippen molar-refractivity contribution in [2.45, 2.75) is 31.5 Å². The monoisotopic (exact) mass is 407 g/mol. The van der Waals surface area contributed by atoms with Crippen LogP contribution in [0.25, 0.3) is 5.78 Å². The number of nitrogens with zero attached hydrogens (tertiary/aromatic N) is 5. The molecule has 154 valence electrons. The van der Waals surface area contributed by atoms with Gasteiger partial charge in [-0.05, 0) is 38.1 Å². The molecule has 4 rings (SSSR count). The van der Waals surface area contributed by atoms with Crippen molar-refractivity contribution in [3.63, 3.8) is 0 Å². The molecule has 0 saturated carbocycles. The number of aromatic nitrogens is 4. The van der Waals surface area contributed by atoms with E-state index in [9.17, 15) is 18.3 Å². The van der Waals surface area contributed by atoms with E-state index in [1.165, 1.54) is 7.11 Å². The quantitative estimate of drug-likeness (QED) is 0.716. The fraction of sp³-hybridized carbons (Fsp3) is 0.421. The number of likely N-dealkylation sites (tertiary alicyclic amines) is 1. The molecule has 0 aliphatic carbocycles. The number of rotatable bonds is 4. The summed E-state index contributed by atoms with van der Waals surface area (Å²) in [6, 6.07) is 6.25. The molecule has 0 amide bonds. The molecule has 1 aliphatic rings. The Labute approximate surface area is 164 Å². The van der Waals surface area contributed by atoms with E-state index in [4.69, 9.17) is 4.74 Å². The van der Waals surface area contributed by atoms with Crippen molar-refractivity contribution in [1.82, 2.24) is 24.5 Å². The van der Waals surface area contributed by atoms with Crippen molar-refractivity contribution in [3.8, 4) is 11.5 Å². The molecular weight excluding hydrogens is 387 g/mol. The maximum Gasteiger partial charge on any atom is 0.433 e. The zero-order valence-corrected chi connectivity index (χ0v) is 15.7. The Morgan fingerprint density at radius 3 is 2.62 bits per heavy atom. The molecular formula is C19H20F3N5O2. The fourth-order valence-corrected chi connectivity index (χ4v) is 3.67. The van der Waals surface area contributed by atoms with Gasteiger partial charge in [-0.3, -0.25) is 4.90 Å². The second kappa shape index (κ2) is 7.51. The summed E-state index contributed by atoms with van der Waals surface area (Å²) in [6.45, 7) is 1.95. The Kier molecular flexibility index (Phi) is 5.03. The third-order valence-electron chi connectivity index (χ3n) is 5.25. The van der Waals surface area contributed by atoms with Crippen molar-refractivity contribution in [2.24, 2.45) is 0 Å². The van der Waals surface area contributed by atoms with Crippen LogP contribution in [0.5, 0.6) is 11.5 Å². The lowest BCUT2D eigenvalue weighted by molar-refractivity contribution is -0.142. The number of methoxy groups -OCH3 is 1. The Morgan fingerprint density at radius 1 is 1.21 bits per heavy atom. The minimum absolute atomic E-state index is 0.0413. The largest absolute Gasteiger partial charge is 0.507 e. The third kappa shape index (κ3) is 3.98. The molecule has 0 spiro atoms. The normalized spacial score (nSPS) is 16.4. The molecule has 3 heterocycles. The zero-order valence-electron chi connectivity index (χ0n) is 15.7. The maximum atomic E-state index is 13.4. The average molecular weight is 407 g/mol. The average Bonchev–Trinajstić information content (AvgIpc) is 3.17. The van der Waals surface area contributed by atoms with Crippen molar-refractivity contribution >= 4 is 5.78 Å². The molecule has 1 saturated heterocycles. The van der Waals surface area contributed by atoms with Crippen molar-refractivity contribution in [2.75, 3.05) is 20.2 Å². The minimum atomic E-state index is -4.53. The molecule has 1 aromatic carbocycles. The Balaban J connectivity index is 1.47. The van der Waals surface area contributed by atoms with Crippen LogP contribution < -0.4 is 4.74 Å². The number of phenols is 1. The van der Waals surface area contributed by atoms with Gasteiger partial charge in [0.15, 0.2) is 5.69 Å². The first-order valence-electron chi connectivity index (χ1n) is 9.21. The van der Waals surface area contributed by atoms with Crippen LogP contribution in [-0.2, 0) is 12.7 Å². The van der Waals surface area contributed by atoms with Crippen LogP contribution in [0.4, 0.5) is 13.2 Å². The molecule has 0 radical (unpaired) electrons. The van der Waals surface area contributed by atoms with Crippen molar-refractivity contribution in [3.05, 3.63) is 47.5 Å². The highest BCUT2D eigenvalue weighted by atomic mass is 19.4. The second-order valence-electron chi connectivity index (χ2n) is 7.08. The van der Waals surface area contributed by atoms with Gasteiger partial charge >= 0.3 is 6.18 Å². The van der Waals surface area contributed by atoms with Gasteiger partial charge in [0, 0.05) is 29.8 Å². The summed E-state index contributed by atoms with van der Waals surface area (Å²) >= 11 is 0. The van der Waals surface area contributed by atoms with Gasteiger partial charge in [0.1, 0.15) is 17.8 Å². The molecule has 7 nitrogen and oxygen atoms in total. The van der Waals surface area contributed by atoms with Crippen LogP contribution in [0.1, 0.15) is 35.7 Å². The first-order valence-corrected chi connectivity index (χ1v) is 9.21. The molecule has 0 atom stereocenters. The van der Waals surface area contributed by atoms with Crippen molar-refractivity contribution in [1.29, 1.82) is 0 Å². The standard InChI is InChI=1S/C19H20F3N5O2/c1-29-14-3-2-13(16(28)8-14)10-26-6-4-12(5-7-26)15-9-17(19(20,21)22)27-18(25-15)23-11-24-27/h2-3,8-9,11-12,28H,4-7,10H2,1H3. The lowest BCUT2D eigenvalue weighted by atomic mass is 9.92. The van der Waals surface area contributed by atoms with E-state index in [0.29, 0.717) is 43.9 Å². The van der Waals surface area contributed by atoms with Gasteiger partial charge in [0.25, 0.3) is 5.78 Å². The maximum absolute atomic E-state index is 13.4. The van der Waals surface area contributed by atoms with Gasteiger partial charge in [0.2, 0.25) is 0 Å². The SMILES string of the molecule is COc1ccc(CN2CCC(c3cc(C(F)(F)F)n4ncnc4n3)CC2)c(O)c1. The van der Waals surface area contributed by atoms with Crippen LogP contribution in [0.15, 0.2) is 30.6 Å². The lowest BCUT2D eigenvalue weighted by Gasteiger charge is -2.32. The molecule has 0 unspecified atom stereocenters. The van der Waals surface area contributed by atoms with E-state index in [-0.39, 0.29) is 17.4 Å². The molecule has 0 bridgehead atoms. The summed E-state index contributed by atoms with van der Waals surface area (Å²) in [5, 5.41) is 13.8.